The van der Waals surface area contributed by atoms with Crippen molar-refractivity contribution in [3.8, 4) is 22.8 Å². The van der Waals surface area contributed by atoms with Gasteiger partial charge in [-0.2, -0.15) is 5.10 Å². The molecule has 0 N–H and O–H groups in total. The van der Waals surface area contributed by atoms with Gasteiger partial charge in [0, 0.05) is 43.0 Å². The average molecular weight is 442 g/mol. The molecule has 8 heteroatoms. The van der Waals surface area contributed by atoms with Crippen LogP contribution in [-0.4, -0.2) is 41.4 Å². The first kappa shape index (κ1) is 21.1. The van der Waals surface area contributed by atoms with Crippen LogP contribution < -0.4 is 4.74 Å². The number of rotatable bonds is 6. The Morgan fingerprint density at radius 1 is 1.03 bits per heavy atom. The third-order valence-corrected chi connectivity index (χ3v) is 6.08. The van der Waals surface area contributed by atoms with Gasteiger partial charge in [0.05, 0.1) is 41.3 Å². The molecule has 33 heavy (non-hydrogen) atoms. The third-order valence-electron chi connectivity index (χ3n) is 6.08. The van der Waals surface area contributed by atoms with Gasteiger partial charge in [0.25, 0.3) is 0 Å². The fourth-order valence-corrected chi connectivity index (χ4v) is 4.37. The van der Waals surface area contributed by atoms with Gasteiger partial charge in [-0.1, -0.05) is 20.3 Å². The fraction of sp³-hybridized carbons (Fsp3) is 0.320. The number of imidazole rings is 1. The number of fused-ring (bicyclic) bond motifs is 2. The van der Waals surface area contributed by atoms with E-state index in [1.54, 1.807) is 19.5 Å². The lowest BCUT2D eigenvalue weighted by atomic mass is 10.1. The smallest absolute Gasteiger partial charge is 0.156 e. The van der Waals surface area contributed by atoms with Crippen LogP contribution in [0.3, 0.4) is 0 Å². The van der Waals surface area contributed by atoms with Gasteiger partial charge in [-0.3, -0.25) is 9.97 Å². The molecule has 168 valence electrons. The summed E-state index contributed by atoms with van der Waals surface area (Å²) < 4.78 is 9.59. The maximum Gasteiger partial charge on any atom is 0.156 e. The predicted octanol–water partition coefficient (Wildman–Crippen LogP) is 4.60. The Kier molecular flexibility index (Phi) is 5.28. The van der Waals surface area contributed by atoms with Crippen molar-refractivity contribution < 1.29 is 4.74 Å². The highest BCUT2D eigenvalue weighted by molar-refractivity contribution is 5.87. The number of pyridine rings is 3. The number of hydrogen-bond donors (Lipinski definition) is 0. The molecule has 0 saturated heterocycles. The van der Waals surface area contributed by atoms with E-state index in [1.165, 1.54) is 0 Å². The zero-order valence-corrected chi connectivity index (χ0v) is 19.6. The van der Waals surface area contributed by atoms with Crippen molar-refractivity contribution in [3.05, 3.63) is 54.0 Å². The summed E-state index contributed by atoms with van der Waals surface area (Å²) in [6.45, 7) is 6.28. The van der Waals surface area contributed by atoms with E-state index >= 15 is 0 Å². The summed E-state index contributed by atoms with van der Waals surface area (Å²) >= 11 is 0. The molecular weight excluding hydrogens is 414 g/mol. The first-order valence-corrected chi connectivity index (χ1v) is 11.2. The summed E-state index contributed by atoms with van der Waals surface area (Å²) in [6.07, 6.45) is 8.08. The number of aromatic nitrogens is 7. The molecule has 5 aromatic heterocycles. The molecule has 0 unspecified atom stereocenters. The number of methoxy groups -OCH3 is 1. The standard InChI is InChI=1S/C25H27N7O/c1-6-8-18-25-21(31(4)23(7-2)30-25)12-24(29-18)32-20-11-19(28-15(3)16(20)14-27-32)17-13-26-10-9-22(17)33-5/h9-14H,6-8H2,1-5H3. The SMILES string of the molecule is CCCc1nc(-n2ncc3c(C)nc(-c4cnccc4OC)cc32)cc2c1nc(CC)n2C. The van der Waals surface area contributed by atoms with E-state index in [4.69, 9.17) is 24.8 Å². The van der Waals surface area contributed by atoms with E-state index in [0.717, 1.165) is 81.2 Å². The van der Waals surface area contributed by atoms with Crippen LogP contribution in [0.5, 0.6) is 5.75 Å². The molecule has 8 nitrogen and oxygen atoms in total. The molecule has 0 aliphatic rings. The quantitative estimate of drug-likeness (QED) is 0.383. The Balaban J connectivity index is 1.75. The van der Waals surface area contributed by atoms with Crippen molar-refractivity contribution in [2.24, 2.45) is 7.05 Å². The molecule has 0 radical (unpaired) electrons. The molecule has 0 spiro atoms. The molecule has 0 aromatic carbocycles. The van der Waals surface area contributed by atoms with Crippen molar-refractivity contribution in [1.82, 2.24) is 34.3 Å². The van der Waals surface area contributed by atoms with Crippen LogP contribution >= 0.6 is 0 Å². The van der Waals surface area contributed by atoms with Crippen molar-refractivity contribution in [1.29, 1.82) is 0 Å². The lowest BCUT2D eigenvalue weighted by molar-refractivity contribution is 0.416. The van der Waals surface area contributed by atoms with Crippen LogP contribution in [0, 0.1) is 6.92 Å². The van der Waals surface area contributed by atoms with E-state index in [2.05, 4.69) is 36.5 Å². The second kappa shape index (κ2) is 8.27. The Morgan fingerprint density at radius 3 is 2.64 bits per heavy atom. The zero-order valence-electron chi connectivity index (χ0n) is 19.6. The molecule has 0 aliphatic heterocycles. The molecule has 5 rings (SSSR count). The first-order valence-electron chi connectivity index (χ1n) is 11.2. The second-order valence-corrected chi connectivity index (χ2v) is 8.14. The summed E-state index contributed by atoms with van der Waals surface area (Å²) in [5.74, 6) is 2.56. The highest BCUT2D eigenvalue weighted by Gasteiger charge is 2.18. The molecule has 5 heterocycles. The lowest BCUT2D eigenvalue weighted by Crippen LogP contribution is -2.04. The second-order valence-electron chi connectivity index (χ2n) is 8.14. The summed E-state index contributed by atoms with van der Waals surface area (Å²) in [6, 6.07) is 5.95. The van der Waals surface area contributed by atoms with Gasteiger partial charge in [0.1, 0.15) is 17.1 Å². The van der Waals surface area contributed by atoms with E-state index in [1.807, 2.05) is 29.9 Å². The van der Waals surface area contributed by atoms with Gasteiger partial charge in [-0.15, -0.1) is 0 Å². The van der Waals surface area contributed by atoms with Crippen LogP contribution in [0.4, 0.5) is 0 Å². The Bertz CT molecular complexity index is 1480. The number of hydrogen-bond acceptors (Lipinski definition) is 6. The predicted molar refractivity (Wildman–Crippen MR) is 129 cm³/mol. The van der Waals surface area contributed by atoms with Crippen molar-refractivity contribution in [2.45, 2.75) is 40.0 Å². The normalized spacial score (nSPS) is 11.5. The molecular formula is C25H27N7O. The summed E-state index contributed by atoms with van der Waals surface area (Å²) in [5.41, 5.74) is 6.52. The van der Waals surface area contributed by atoms with Crippen molar-refractivity contribution >= 4 is 21.9 Å². The molecule has 0 bridgehead atoms. The zero-order chi connectivity index (χ0) is 23.1. The number of aryl methyl sites for hydroxylation is 4. The Morgan fingerprint density at radius 2 is 1.88 bits per heavy atom. The van der Waals surface area contributed by atoms with Crippen molar-refractivity contribution in [2.75, 3.05) is 7.11 Å². The first-order chi connectivity index (χ1) is 16.0. The summed E-state index contributed by atoms with van der Waals surface area (Å²) in [5, 5.41) is 5.69. The Hall–Kier alpha value is -3.81. The van der Waals surface area contributed by atoms with E-state index in [-0.39, 0.29) is 0 Å². The third kappa shape index (κ3) is 3.42. The maximum absolute atomic E-state index is 5.54. The molecule has 0 saturated carbocycles. The van der Waals surface area contributed by atoms with Gasteiger partial charge in [-0.25, -0.2) is 14.6 Å². The molecule has 0 aliphatic carbocycles. The van der Waals surface area contributed by atoms with Crippen LogP contribution in [0.2, 0.25) is 0 Å². The topological polar surface area (TPSA) is 83.5 Å². The van der Waals surface area contributed by atoms with Crippen LogP contribution in [0.25, 0.3) is 39.0 Å². The molecule has 0 atom stereocenters. The molecule has 5 aromatic rings. The maximum atomic E-state index is 5.54. The lowest BCUT2D eigenvalue weighted by Gasteiger charge is -2.10. The highest BCUT2D eigenvalue weighted by Crippen LogP contribution is 2.32. The minimum atomic E-state index is 0.731. The number of ether oxygens (including phenoxy) is 1. The number of nitrogens with zero attached hydrogens (tertiary/aromatic N) is 7. The van der Waals surface area contributed by atoms with Crippen molar-refractivity contribution in [3.63, 3.8) is 0 Å². The molecule has 0 fully saturated rings. The highest BCUT2D eigenvalue weighted by atomic mass is 16.5. The van der Waals surface area contributed by atoms with E-state index < -0.39 is 0 Å². The fourth-order valence-electron chi connectivity index (χ4n) is 4.37. The Labute approximate surface area is 192 Å². The summed E-state index contributed by atoms with van der Waals surface area (Å²) in [4.78, 5) is 18.9. The monoisotopic (exact) mass is 441 g/mol. The largest absolute Gasteiger partial charge is 0.496 e. The van der Waals surface area contributed by atoms with Gasteiger partial charge in [0.15, 0.2) is 5.82 Å². The minimum absolute atomic E-state index is 0.731. The van der Waals surface area contributed by atoms with Crippen LogP contribution in [0.1, 0.15) is 37.5 Å². The van der Waals surface area contributed by atoms with Gasteiger partial charge in [0.2, 0.25) is 0 Å². The minimum Gasteiger partial charge on any atom is -0.496 e. The van der Waals surface area contributed by atoms with Crippen LogP contribution in [0.15, 0.2) is 36.8 Å². The molecule has 0 amide bonds. The summed E-state index contributed by atoms with van der Waals surface area (Å²) in [7, 11) is 3.72. The van der Waals surface area contributed by atoms with Gasteiger partial charge >= 0.3 is 0 Å². The van der Waals surface area contributed by atoms with Gasteiger partial charge < -0.3 is 9.30 Å². The van der Waals surface area contributed by atoms with E-state index in [9.17, 15) is 0 Å². The van der Waals surface area contributed by atoms with E-state index in [0.29, 0.717) is 0 Å². The average Bonchev–Trinajstić information content (AvgIpc) is 3.41. The van der Waals surface area contributed by atoms with Gasteiger partial charge in [-0.05, 0) is 25.5 Å². The van der Waals surface area contributed by atoms with Crippen LogP contribution in [-0.2, 0) is 19.9 Å².